The lowest BCUT2D eigenvalue weighted by atomic mass is 10.0. The Kier molecular flexibility index (Phi) is 9.86. The van der Waals surface area contributed by atoms with Gasteiger partial charge in [-0.15, -0.1) is 0 Å². The van der Waals surface area contributed by atoms with Gasteiger partial charge in [0.15, 0.2) is 0 Å². The molecule has 0 saturated heterocycles. The first kappa shape index (κ1) is 27.1. The third-order valence-corrected chi connectivity index (χ3v) is 5.49. The molecule has 0 fully saturated rings. The zero-order valence-electron chi connectivity index (χ0n) is 18.4. The summed E-state index contributed by atoms with van der Waals surface area (Å²) in [5, 5.41) is 36.2. The second kappa shape index (κ2) is 12.4. The highest BCUT2D eigenvalue weighted by Gasteiger charge is 2.32. The lowest BCUT2D eigenvalue weighted by Gasteiger charge is -2.25. The number of thiol groups is 1. The summed E-state index contributed by atoms with van der Waals surface area (Å²) in [6.07, 6.45) is 0.300. The van der Waals surface area contributed by atoms with Crippen LogP contribution in [0.4, 0.5) is 0 Å². The van der Waals surface area contributed by atoms with Gasteiger partial charge in [0.1, 0.15) is 24.2 Å². The SMILES string of the molecule is CC(O)C(NC(=O)C(N)CO)C(=O)NC(CS)C(=O)NC(Cc1c[nH]c2ccccc12)C(=O)O. The van der Waals surface area contributed by atoms with Crippen LogP contribution in [0.25, 0.3) is 10.9 Å². The van der Waals surface area contributed by atoms with Crippen molar-refractivity contribution >= 4 is 47.2 Å². The van der Waals surface area contributed by atoms with Gasteiger partial charge in [-0.1, -0.05) is 18.2 Å². The fourth-order valence-electron chi connectivity index (χ4n) is 3.20. The number of nitrogens with one attached hydrogen (secondary N) is 4. The molecule has 3 amide bonds. The predicted octanol–water partition coefficient (Wildman–Crippen LogP) is -2.12. The molecule has 0 spiro atoms. The van der Waals surface area contributed by atoms with Crippen molar-refractivity contribution < 1.29 is 34.5 Å². The zero-order chi connectivity index (χ0) is 25.4. The van der Waals surface area contributed by atoms with E-state index >= 15 is 0 Å². The molecule has 5 unspecified atom stereocenters. The Bertz CT molecular complexity index is 1030. The molecular formula is C21H29N5O7S. The summed E-state index contributed by atoms with van der Waals surface area (Å²) >= 11 is 4.05. The number of rotatable bonds is 12. The van der Waals surface area contributed by atoms with Crippen molar-refractivity contribution in [2.45, 2.75) is 43.6 Å². The summed E-state index contributed by atoms with van der Waals surface area (Å²) in [5.74, 6) is -4.05. The van der Waals surface area contributed by atoms with E-state index in [1.807, 2.05) is 24.3 Å². The van der Waals surface area contributed by atoms with E-state index in [1.165, 1.54) is 6.92 Å². The second-order valence-corrected chi connectivity index (χ2v) is 8.09. The van der Waals surface area contributed by atoms with Gasteiger partial charge < -0.3 is 42.0 Å². The molecule has 0 saturated carbocycles. The number of carboxylic acids is 1. The number of carbonyl (C=O) groups excluding carboxylic acids is 3. The third-order valence-electron chi connectivity index (χ3n) is 5.13. The van der Waals surface area contributed by atoms with Crippen LogP contribution in [-0.2, 0) is 25.6 Å². The minimum Gasteiger partial charge on any atom is -0.480 e. The predicted molar refractivity (Wildman–Crippen MR) is 126 cm³/mol. The van der Waals surface area contributed by atoms with Crippen LogP contribution in [0.15, 0.2) is 30.5 Å². The number of hydrogen-bond donors (Lipinski definition) is 9. The van der Waals surface area contributed by atoms with Gasteiger partial charge in [-0.3, -0.25) is 14.4 Å². The van der Waals surface area contributed by atoms with Gasteiger partial charge in [-0.2, -0.15) is 12.6 Å². The van der Waals surface area contributed by atoms with Crippen molar-refractivity contribution in [3.05, 3.63) is 36.0 Å². The summed E-state index contributed by atoms with van der Waals surface area (Å²) in [6.45, 7) is 0.571. The molecule has 186 valence electrons. The molecular weight excluding hydrogens is 466 g/mol. The van der Waals surface area contributed by atoms with Crippen LogP contribution in [0, 0.1) is 0 Å². The summed E-state index contributed by atoms with van der Waals surface area (Å²) in [5.41, 5.74) is 6.91. The summed E-state index contributed by atoms with van der Waals surface area (Å²) in [7, 11) is 0. The fraction of sp³-hybridized carbons (Fsp3) is 0.429. The normalized spacial score (nSPS) is 15.6. The lowest BCUT2D eigenvalue weighted by Crippen LogP contribution is -2.60. The molecule has 0 aliphatic heterocycles. The highest BCUT2D eigenvalue weighted by atomic mass is 32.1. The van der Waals surface area contributed by atoms with Gasteiger partial charge in [0, 0.05) is 29.3 Å². The number of aromatic nitrogens is 1. The van der Waals surface area contributed by atoms with Crippen LogP contribution in [0.5, 0.6) is 0 Å². The number of para-hydroxylation sites is 1. The number of hydrogen-bond acceptors (Lipinski definition) is 8. The average molecular weight is 496 g/mol. The number of aliphatic hydroxyl groups excluding tert-OH is 2. The van der Waals surface area contributed by atoms with Crippen LogP contribution in [0.3, 0.4) is 0 Å². The van der Waals surface area contributed by atoms with Gasteiger partial charge in [-0.05, 0) is 18.6 Å². The van der Waals surface area contributed by atoms with E-state index in [9.17, 15) is 29.4 Å². The van der Waals surface area contributed by atoms with Gasteiger partial charge in [0.25, 0.3) is 0 Å². The van der Waals surface area contributed by atoms with Gasteiger partial charge >= 0.3 is 5.97 Å². The maximum absolute atomic E-state index is 12.7. The van der Waals surface area contributed by atoms with E-state index < -0.39 is 60.6 Å². The van der Waals surface area contributed by atoms with Gasteiger partial charge in [-0.25, -0.2) is 4.79 Å². The molecule has 9 N–H and O–H groups in total. The molecule has 0 aliphatic carbocycles. The van der Waals surface area contributed by atoms with Crippen LogP contribution in [-0.4, -0.2) is 86.6 Å². The largest absolute Gasteiger partial charge is 0.480 e. The Morgan fingerprint density at radius 1 is 1.06 bits per heavy atom. The second-order valence-electron chi connectivity index (χ2n) is 7.72. The number of aliphatic hydroxyl groups is 2. The minimum atomic E-state index is -1.47. The van der Waals surface area contributed by atoms with Crippen LogP contribution in [0.2, 0.25) is 0 Å². The highest BCUT2D eigenvalue weighted by molar-refractivity contribution is 7.80. The first-order chi connectivity index (χ1) is 16.1. The molecule has 1 heterocycles. The fourth-order valence-corrected chi connectivity index (χ4v) is 3.45. The third kappa shape index (κ3) is 6.93. The van der Waals surface area contributed by atoms with E-state index in [0.717, 1.165) is 10.9 Å². The number of carboxylic acid groups (broad SMARTS) is 1. The quantitative estimate of drug-likeness (QED) is 0.148. The van der Waals surface area contributed by atoms with Gasteiger partial charge in [0.05, 0.1) is 12.7 Å². The number of aromatic amines is 1. The summed E-state index contributed by atoms with van der Waals surface area (Å²) in [6, 6.07) is 1.98. The topological polar surface area (TPSA) is 207 Å². The Hall–Kier alpha value is -3.13. The minimum absolute atomic E-state index is 0.0102. The Labute approximate surface area is 200 Å². The first-order valence-corrected chi connectivity index (χ1v) is 11.1. The molecule has 0 bridgehead atoms. The van der Waals surface area contributed by atoms with E-state index in [-0.39, 0.29) is 12.2 Å². The summed E-state index contributed by atoms with van der Waals surface area (Å²) in [4.78, 5) is 52.1. The van der Waals surface area contributed by atoms with Crippen molar-refractivity contribution in [1.29, 1.82) is 0 Å². The van der Waals surface area contributed by atoms with Crippen LogP contribution < -0.4 is 21.7 Å². The molecule has 12 nitrogen and oxygen atoms in total. The molecule has 0 aliphatic rings. The van der Waals surface area contributed by atoms with E-state index in [4.69, 9.17) is 10.8 Å². The molecule has 2 aromatic rings. The summed E-state index contributed by atoms with van der Waals surface area (Å²) < 4.78 is 0. The van der Waals surface area contributed by atoms with Crippen molar-refractivity contribution in [3.63, 3.8) is 0 Å². The van der Waals surface area contributed by atoms with Crippen molar-refractivity contribution in [2.24, 2.45) is 5.73 Å². The molecule has 1 aromatic carbocycles. The molecule has 13 heteroatoms. The highest BCUT2D eigenvalue weighted by Crippen LogP contribution is 2.19. The monoisotopic (exact) mass is 495 g/mol. The number of aliphatic carboxylic acids is 1. The molecule has 34 heavy (non-hydrogen) atoms. The molecule has 0 radical (unpaired) electrons. The van der Waals surface area contributed by atoms with E-state index in [0.29, 0.717) is 5.56 Å². The average Bonchev–Trinajstić information content (AvgIpc) is 3.21. The Morgan fingerprint density at radius 2 is 1.71 bits per heavy atom. The number of fused-ring (bicyclic) bond motifs is 1. The number of benzene rings is 1. The van der Waals surface area contributed by atoms with Crippen molar-refractivity contribution in [1.82, 2.24) is 20.9 Å². The Balaban J connectivity index is 2.09. The van der Waals surface area contributed by atoms with Crippen LogP contribution >= 0.6 is 12.6 Å². The molecule has 1 aromatic heterocycles. The zero-order valence-corrected chi connectivity index (χ0v) is 19.3. The molecule has 5 atom stereocenters. The van der Waals surface area contributed by atoms with Crippen molar-refractivity contribution in [2.75, 3.05) is 12.4 Å². The van der Waals surface area contributed by atoms with Crippen molar-refractivity contribution in [3.8, 4) is 0 Å². The van der Waals surface area contributed by atoms with E-state index in [2.05, 4.69) is 33.6 Å². The molecule has 2 rings (SSSR count). The number of nitrogens with two attached hydrogens (primary N) is 1. The number of carbonyl (C=O) groups is 4. The maximum atomic E-state index is 12.7. The van der Waals surface area contributed by atoms with Gasteiger partial charge in [0.2, 0.25) is 17.7 Å². The number of H-pyrrole nitrogens is 1. The first-order valence-electron chi connectivity index (χ1n) is 10.4. The number of amides is 3. The van der Waals surface area contributed by atoms with Crippen LogP contribution in [0.1, 0.15) is 12.5 Å². The standard InChI is InChI=1S/C21H29N5O7S/c1-10(28)17(26-18(29)13(22)8-27)20(31)25-16(9-34)19(30)24-15(21(32)33)6-11-7-23-14-5-3-2-4-12(11)14/h2-5,7,10,13,15-17,23,27-28,34H,6,8-9,22H2,1H3,(H,24,30)(H,25,31)(H,26,29)(H,32,33). The Morgan fingerprint density at radius 3 is 2.29 bits per heavy atom. The smallest absolute Gasteiger partial charge is 0.326 e. The maximum Gasteiger partial charge on any atom is 0.326 e. The van der Waals surface area contributed by atoms with E-state index in [1.54, 1.807) is 6.20 Å². The lowest BCUT2D eigenvalue weighted by molar-refractivity contribution is -0.142.